The number of para-hydroxylation sites is 1. The Balaban J connectivity index is 2.01. The molecular weight excluding hydrogens is 458 g/mol. The highest BCUT2D eigenvalue weighted by atomic mass is 19.2. The first-order valence-electron chi connectivity index (χ1n) is 10.6. The molecule has 0 saturated carbocycles. The SMILES string of the molecule is COC(=O)Oc1c(Cc2ccc(F)c(F)c2)c(=O)n(-c2ccccc2)c(=O)n1Cc1ccccc1. The zero-order chi connectivity index (χ0) is 24.9. The van der Waals surface area contributed by atoms with Crippen LogP contribution in [0.25, 0.3) is 5.69 Å². The van der Waals surface area contributed by atoms with E-state index in [0.717, 1.165) is 28.4 Å². The maximum absolute atomic E-state index is 13.9. The molecule has 0 unspecified atom stereocenters. The number of carbonyl (C=O) groups is 1. The number of halogens is 2. The molecule has 0 saturated heterocycles. The molecule has 9 heteroatoms. The van der Waals surface area contributed by atoms with E-state index in [4.69, 9.17) is 4.74 Å². The van der Waals surface area contributed by atoms with Crippen LogP contribution in [0.2, 0.25) is 0 Å². The average molecular weight is 478 g/mol. The summed E-state index contributed by atoms with van der Waals surface area (Å²) in [6.45, 7) is -0.0378. The second kappa shape index (κ2) is 10.2. The average Bonchev–Trinajstić information content (AvgIpc) is 2.87. The molecule has 178 valence electrons. The van der Waals surface area contributed by atoms with Gasteiger partial charge in [0.25, 0.3) is 5.56 Å². The van der Waals surface area contributed by atoms with Gasteiger partial charge in [-0.1, -0.05) is 54.6 Å². The molecule has 0 aliphatic carbocycles. The maximum Gasteiger partial charge on any atom is 0.514 e. The number of hydrogen-bond donors (Lipinski definition) is 0. The fourth-order valence-corrected chi connectivity index (χ4v) is 3.64. The fraction of sp³-hybridized carbons (Fsp3) is 0.115. The van der Waals surface area contributed by atoms with Crippen molar-refractivity contribution in [1.29, 1.82) is 0 Å². The summed E-state index contributed by atoms with van der Waals surface area (Å²) in [4.78, 5) is 39.3. The van der Waals surface area contributed by atoms with Crippen LogP contribution in [0.1, 0.15) is 16.7 Å². The van der Waals surface area contributed by atoms with Crippen LogP contribution in [-0.2, 0) is 17.7 Å². The molecule has 0 radical (unpaired) electrons. The molecule has 7 nitrogen and oxygen atoms in total. The Hall–Kier alpha value is -4.53. The molecule has 0 bridgehead atoms. The van der Waals surface area contributed by atoms with Crippen LogP contribution in [0.4, 0.5) is 13.6 Å². The molecule has 0 atom stereocenters. The predicted octanol–water partition coefficient (Wildman–Crippen LogP) is 4.06. The number of carbonyl (C=O) groups excluding carboxylic acids is 1. The van der Waals surface area contributed by atoms with Gasteiger partial charge >= 0.3 is 11.8 Å². The number of hydrogen-bond acceptors (Lipinski definition) is 5. The molecule has 0 aliphatic heterocycles. The summed E-state index contributed by atoms with van der Waals surface area (Å²) in [6.07, 6.45) is -1.39. The Labute approximate surface area is 198 Å². The topological polar surface area (TPSA) is 79.5 Å². The van der Waals surface area contributed by atoms with Crippen LogP contribution in [0.3, 0.4) is 0 Å². The van der Waals surface area contributed by atoms with E-state index in [1.165, 1.54) is 6.07 Å². The van der Waals surface area contributed by atoms with Crippen LogP contribution >= 0.6 is 0 Å². The minimum Gasteiger partial charge on any atom is -0.437 e. The van der Waals surface area contributed by atoms with E-state index >= 15 is 0 Å². The lowest BCUT2D eigenvalue weighted by Gasteiger charge is -2.19. The molecule has 0 fully saturated rings. The van der Waals surface area contributed by atoms with Crippen molar-refractivity contribution in [3.05, 3.63) is 128 Å². The first-order chi connectivity index (χ1) is 16.9. The van der Waals surface area contributed by atoms with Crippen LogP contribution in [-0.4, -0.2) is 22.4 Å². The predicted molar refractivity (Wildman–Crippen MR) is 124 cm³/mol. The monoisotopic (exact) mass is 478 g/mol. The van der Waals surface area contributed by atoms with Crippen LogP contribution in [0, 0.1) is 11.6 Å². The van der Waals surface area contributed by atoms with E-state index in [1.54, 1.807) is 60.7 Å². The molecular formula is C26H20F2N2O5. The van der Waals surface area contributed by atoms with Gasteiger partial charge in [0.05, 0.1) is 24.9 Å². The number of aromatic nitrogens is 2. The van der Waals surface area contributed by atoms with E-state index in [9.17, 15) is 23.2 Å². The van der Waals surface area contributed by atoms with Gasteiger partial charge in [-0.25, -0.2) is 22.9 Å². The highest BCUT2D eigenvalue weighted by Gasteiger charge is 2.24. The van der Waals surface area contributed by atoms with E-state index in [0.29, 0.717) is 11.3 Å². The Morgan fingerprint density at radius 1 is 0.857 bits per heavy atom. The van der Waals surface area contributed by atoms with Gasteiger partial charge in [0, 0.05) is 6.42 Å². The fourth-order valence-electron chi connectivity index (χ4n) is 3.64. The van der Waals surface area contributed by atoms with Crippen LogP contribution in [0.15, 0.2) is 88.5 Å². The molecule has 0 aliphatic rings. The summed E-state index contributed by atoms with van der Waals surface area (Å²) in [5, 5.41) is 0. The summed E-state index contributed by atoms with van der Waals surface area (Å²) in [7, 11) is 1.09. The lowest BCUT2D eigenvalue weighted by atomic mass is 10.1. The van der Waals surface area contributed by atoms with E-state index in [2.05, 4.69) is 4.74 Å². The van der Waals surface area contributed by atoms with Crippen molar-refractivity contribution in [3.8, 4) is 11.6 Å². The van der Waals surface area contributed by atoms with E-state index < -0.39 is 29.0 Å². The van der Waals surface area contributed by atoms with Gasteiger partial charge in [-0.05, 0) is 35.4 Å². The number of nitrogens with zero attached hydrogens (tertiary/aromatic N) is 2. The zero-order valence-corrected chi connectivity index (χ0v) is 18.6. The lowest BCUT2D eigenvalue weighted by molar-refractivity contribution is 0.117. The van der Waals surface area contributed by atoms with Gasteiger partial charge in [0.15, 0.2) is 11.6 Å². The van der Waals surface area contributed by atoms with Crippen molar-refractivity contribution in [1.82, 2.24) is 9.13 Å². The molecule has 1 aromatic heterocycles. The van der Waals surface area contributed by atoms with Gasteiger partial charge in [0.2, 0.25) is 5.88 Å². The van der Waals surface area contributed by atoms with Gasteiger partial charge in [0.1, 0.15) is 0 Å². The minimum atomic E-state index is -1.14. The van der Waals surface area contributed by atoms with E-state index in [1.807, 2.05) is 0 Å². The largest absolute Gasteiger partial charge is 0.514 e. The molecule has 4 rings (SSSR count). The summed E-state index contributed by atoms with van der Waals surface area (Å²) in [5.74, 6) is -2.48. The molecule has 0 N–H and O–H groups in total. The van der Waals surface area contributed by atoms with Gasteiger partial charge < -0.3 is 9.47 Å². The Kier molecular flexibility index (Phi) is 6.86. The summed E-state index contributed by atoms with van der Waals surface area (Å²) < 4.78 is 39.4. The zero-order valence-electron chi connectivity index (χ0n) is 18.6. The molecule has 1 heterocycles. The number of benzene rings is 3. The van der Waals surface area contributed by atoms with Gasteiger partial charge in [-0.15, -0.1) is 0 Å². The Bertz CT molecular complexity index is 1480. The Morgan fingerprint density at radius 3 is 2.14 bits per heavy atom. The first-order valence-corrected chi connectivity index (χ1v) is 10.6. The molecule has 3 aromatic carbocycles. The van der Waals surface area contributed by atoms with Crippen molar-refractivity contribution >= 4 is 6.16 Å². The molecule has 4 aromatic rings. The highest BCUT2D eigenvalue weighted by Crippen LogP contribution is 2.21. The van der Waals surface area contributed by atoms with Crippen LogP contribution in [0.5, 0.6) is 5.88 Å². The maximum atomic E-state index is 13.9. The van der Waals surface area contributed by atoms with Crippen LogP contribution < -0.4 is 16.0 Å². The third-order valence-electron chi connectivity index (χ3n) is 5.30. The normalized spacial score (nSPS) is 10.7. The van der Waals surface area contributed by atoms with Crippen molar-refractivity contribution in [3.63, 3.8) is 0 Å². The quantitative estimate of drug-likeness (QED) is 0.391. The second-order valence-electron chi connectivity index (χ2n) is 7.60. The molecule has 0 amide bonds. The minimum absolute atomic E-state index is 0.0378. The molecule has 0 spiro atoms. The molecule has 35 heavy (non-hydrogen) atoms. The number of ether oxygens (including phenoxy) is 2. The highest BCUT2D eigenvalue weighted by molar-refractivity contribution is 5.63. The third kappa shape index (κ3) is 5.03. The smallest absolute Gasteiger partial charge is 0.437 e. The van der Waals surface area contributed by atoms with Gasteiger partial charge in [-0.3, -0.25) is 9.36 Å². The summed E-state index contributed by atoms with van der Waals surface area (Å²) in [6, 6.07) is 20.3. The third-order valence-corrected chi connectivity index (χ3v) is 5.30. The van der Waals surface area contributed by atoms with E-state index in [-0.39, 0.29) is 30.0 Å². The second-order valence-corrected chi connectivity index (χ2v) is 7.60. The van der Waals surface area contributed by atoms with Crippen molar-refractivity contribution in [2.45, 2.75) is 13.0 Å². The lowest BCUT2D eigenvalue weighted by Crippen LogP contribution is -2.42. The van der Waals surface area contributed by atoms with Crippen molar-refractivity contribution in [2.24, 2.45) is 0 Å². The van der Waals surface area contributed by atoms with Crippen molar-refractivity contribution in [2.75, 3.05) is 7.11 Å². The standard InChI is InChI=1S/C26H20F2N2O5/c1-34-26(33)35-24-20(14-18-12-13-21(27)22(28)15-18)23(31)30(19-10-6-3-7-11-19)25(32)29(24)16-17-8-4-2-5-9-17/h2-13,15H,14,16H2,1H3. The summed E-state index contributed by atoms with van der Waals surface area (Å²) in [5.41, 5.74) is -0.407. The number of rotatable bonds is 6. The van der Waals surface area contributed by atoms with Crippen molar-refractivity contribution < 1.29 is 23.0 Å². The van der Waals surface area contributed by atoms with Gasteiger partial charge in [-0.2, -0.15) is 0 Å². The number of methoxy groups -OCH3 is 1. The first kappa shape index (κ1) is 23.6. The summed E-state index contributed by atoms with van der Waals surface area (Å²) >= 11 is 0. The Morgan fingerprint density at radius 2 is 1.51 bits per heavy atom.